The maximum atomic E-state index is 5.67. The van der Waals surface area contributed by atoms with Gasteiger partial charge in [0.1, 0.15) is 6.10 Å². The first-order chi connectivity index (χ1) is 7.79. The van der Waals surface area contributed by atoms with E-state index in [1.807, 2.05) is 7.05 Å². The highest BCUT2D eigenvalue weighted by Gasteiger charge is 2.18. The minimum Gasteiger partial charge on any atom is -0.376 e. The molecule has 0 spiro atoms. The molecule has 0 aromatic heterocycles. The molecule has 88 valence electrons. The van der Waals surface area contributed by atoms with E-state index in [1.54, 1.807) is 0 Å². The van der Waals surface area contributed by atoms with E-state index >= 15 is 0 Å². The van der Waals surface area contributed by atoms with Crippen LogP contribution < -0.4 is 5.32 Å². The van der Waals surface area contributed by atoms with Crippen LogP contribution in [0.1, 0.15) is 11.1 Å². The summed E-state index contributed by atoms with van der Waals surface area (Å²) in [4.78, 5) is 0. The van der Waals surface area contributed by atoms with Gasteiger partial charge < -0.3 is 14.8 Å². The molecule has 3 nitrogen and oxygen atoms in total. The van der Waals surface area contributed by atoms with E-state index in [1.165, 1.54) is 11.1 Å². The summed E-state index contributed by atoms with van der Waals surface area (Å²) in [6.07, 6.45) is 0.281. The first-order valence-corrected chi connectivity index (χ1v) is 6.20. The van der Waals surface area contributed by atoms with Crippen LogP contribution in [0.2, 0.25) is 0 Å². The molecule has 0 amide bonds. The van der Waals surface area contributed by atoms with Crippen molar-refractivity contribution in [1.29, 1.82) is 0 Å². The molecule has 0 aliphatic carbocycles. The second kappa shape index (κ2) is 5.77. The molecular formula is C12H16BrNO2. The molecule has 1 heterocycles. The van der Waals surface area contributed by atoms with Crippen LogP contribution in [0.5, 0.6) is 0 Å². The van der Waals surface area contributed by atoms with Crippen molar-refractivity contribution >= 4 is 15.9 Å². The first kappa shape index (κ1) is 12.0. The summed E-state index contributed by atoms with van der Waals surface area (Å²) in [6.45, 7) is 3.00. The average Bonchev–Trinajstić information content (AvgIpc) is 2.19. The van der Waals surface area contributed by atoms with Crippen LogP contribution >= 0.6 is 15.9 Å². The van der Waals surface area contributed by atoms with Crippen molar-refractivity contribution in [1.82, 2.24) is 5.32 Å². The Hall–Kier alpha value is -0.420. The fourth-order valence-electron chi connectivity index (χ4n) is 1.54. The van der Waals surface area contributed by atoms with Crippen molar-refractivity contribution in [3.8, 4) is 0 Å². The predicted octanol–water partition coefficient (Wildman–Crippen LogP) is 2.08. The maximum absolute atomic E-state index is 5.67. The third-order valence-electron chi connectivity index (χ3n) is 2.58. The minimum absolute atomic E-state index is 0.281. The molecule has 1 aromatic rings. The van der Waals surface area contributed by atoms with Crippen molar-refractivity contribution in [2.75, 3.05) is 20.3 Å². The van der Waals surface area contributed by atoms with E-state index in [2.05, 4.69) is 39.4 Å². The number of ether oxygens (including phenoxy) is 2. The van der Waals surface area contributed by atoms with Gasteiger partial charge in [0.05, 0.1) is 19.8 Å². The van der Waals surface area contributed by atoms with E-state index in [-0.39, 0.29) is 6.10 Å². The van der Waals surface area contributed by atoms with Gasteiger partial charge in [0.15, 0.2) is 0 Å². The zero-order valence-corrected chi connectivity index (χ0v) is 10.9. The Bertz CT molecular complexity index is 353. The van der Waals surface area contributed by atoms with Gasteiger partial charge in [0.25, 0.3) is 0 Å². The number of benzene rings is 1. The third-order valence-corrected chi connectivity index (χ3v) is 3.32. The molecule has 0 unspecified atom stereocenters. The highest BCUT2D eigenvalue weighted by atomic mass is 79.9. The summed E-state index contributed by atoms with van der Waals surface area (Å²) in [7, 11) is 1.95. The lowest BCUT2D eigenvalue weighted by atomic mass is 10.1. The van der Waals surface area contributed by atoms with Crippen molar-refractivity contribution in [3.63, 3.8) is 0 Å². The summed E-state index contributed by atoms with van der Waals surface area (Å²) < 4.78 is 11.8. The summed E-state index contributed by atoms with van der Waals surface area (Å²) in [6, 6.07) is 6.36. The van der Waals surface area contributed by atoms with E-state index in [0.29, 0.717) is 6.61 Å². The van der Waals surface area contributed by atoms with Crippen molar-refractivity contribution < 1.29 is 9.47 Å². The molecule has 1 aromatic carbocycles. The van der Waals surface area contributed by atoms with Gasteiger partial charge in [0, 0.05) is 11.0 Å². The van der Waals surface area contributed by atoms with Gasteiger partial charge in [0.2, 0.25) is 0 Å². The lowest BCUT2D eigenvalue weighted by Crippen LogP contribution is -2.35. The number of hydrogen-bond donors (Lipinski definition) is 1. The van der Waals surface area contributed by atoms with Crippen molar-refractivity contribution in [2.45, 2.75) is 19.3 Å². The smallest absolute Gasteiger partial charge is 0.105 e. The molecule has 1 aliphatic heterocycles. The van der Waals surface area contributed by atoms with E-state index < -0.39 is 0 Å². The Morgan fingerprint density at radius 2 is 2.31 bits per heavy atom. The lowest BCUT2D eigenvalue weighted by Gasteiger charge is -2.26. The van der Waals surface area contributed by atoms with Gasteiger partial charge in [-0.15, -0.1) is 0 Å². The van der Waals surface area contributed by atoms with Crippen LogP contribution in [0.25, 0.3) is 0 Å². The summed E-state index contributed by atoms with van der Waals surface area (Å²) >= 11 is 3.57. The molecule has 0 saturated carbocycles. The van der Waals surface area contributed by atoms with E-state index in [4.69, 9.17) is 9.47 Å². The van der Waals surface area contributed by atoms with Crippen LogP contribution in [0.3, 0.4) is 0 Å². The van der Waals surface area contributed by atoms with Gasteiger partial charge in [-0.25, -0.2) is 0 Å². The van der Waals surface area contributed by atoms with Crippen molar-refractivity contribution in [2.24, 2.45) is 0 Å². The Morgan fingerprint density at radius 3 is 2.88 bits per heavy atom. The van der Waals surface area contributed by atoms with Crippen LogP contribution in [0.15, 0.2) is 22.7 Å². The molecule has 16 heavy (non-hydrogen) atoms. The quantitative estimate of drug-likeness (QED) is 0.899. The Morgan fingerprint density at radius 1 is 1.50 bits per heavy atom. The molecule has 1 aliphatic rings. The second-order valence-electron chi connectivity index (χ2n) is 3.93. The van der Waals surface area contributed by atoms with Crippen LogP contribution in [-0.4, -0.2) is 26.4 Å². The van der Waals surface area contributed by atoms with Gasteiger partial charge in [-0.05, 0) is 24.2 Å². The van der Waals surface area contributed by atoms with Crippen LogP contribution in [0, 0.1) is 0 Å². The highest BCUT2D eigenvalue weighted by molar-refractivity contribution is 9.10. The molecule has 1 N–H and O–H groups in total. The number of rotatable bonds is 5. The number of hydrogen-bond acceptors (Lipinski definition) is 3. The molecule has 2 rings (SSSR count). The maximum Gasteiger partial charge on any atom is 0.105 e. The minimum atomic E-state index is 0.281. The van der Waals surface area contributed by atoms with Crippen LogP contribution in [0.4, 0.5) is 0 Å². The second-order valence-corrected chi connectivity index (χ2v) is 4.78. The summed E-state index contributed by atoms with van der Waals surface area (Å²) in [5, 5.41) is 3.13. The van der Waals surface area contributed by atoms with Gasteiger partial charge in [-0.3, -0.25) is 0 Å². The zero-order chi connectivity index (χ0) is 11.4. The summed E-state index contributed by atoms with van der Waals surface area (Å²) in [5.74, 6) is 0. The fourth-order valence-corrected chi connectivity index (χ4v) is 2.08. The molecule has 1 saturated heterocycles. The van der Waals surface area contributed by atoms with E-state index in [9.17, 15) is 0 Å². The Balaban J connectivity index is 1.92. The fraction of sp³-hybridized carbons (Fsp3) is 0.500. The average molecular weight is 286 g/mol. The Labute approximate surface area is 104 Å². The monoisotopic (exact) mass is 285 g/mol. The van der Waals surface area contributed by atoms with E-state index in [0.717, 1.165) is 24.2 Å². The molecule has 4 heteroatoms. The lowest BCUT2D eigenvalue weighted by molar-refractivity contribution is -0.135. The Kier molecular flexibility index (Phi) is 4.35. The van der Waals surface area contributed by atoms with Crippen molar-refractivity contribution in [3.05, 3.63) is 33.8 Å². The predicted molar refractivity (Wildman–Crippen MR) is 66.3 cm³/mol. The molecule has 1 fully saturated rings. The SMILES string of the molecule is CNCc1ccc(COC2COC2)c(Br)c1. The standard InChI is InChI=1S/C12H16BrNO2/c1-14-5-9-2-3-10(12(13)4-9)6-16-11-7-15-8-11/h2-4,11,14H,5-8H2,1H3. The number of halogens is 1. The molecule has 0 atom stereocenters. The normalized spacial score (nSPS) is 16.1. The molecule has 0 radical (unpaired) electrons. The highest BCUT2D eigenvalue weighted by Crippen LogP contribution is 2.20. The first-order valence-electron chi connectivity index (χ1n) is 5.41. The van der Waals surface area contributed by atoms with Gasteiger partial charge in [-0.2, -0.15) is 0 Å². The third kappa shape index (κ3) is 3.04. The topological polar surface area (TPSA) is 30.5 Å². The van der Waals surface area contributed by atoms with Gasteiger partial charge in [-0.1, -0.05) is 28.1 Å². The molecule has 0 bridgehead atoms. The number of nitrogens with one attached hydrogen (secondary N) is 1. The van der Waals surface area contributed by atoms with Gasteiger partial charge >= 0.3 is 0 Å². The zero-order valence-electron chi connectivity index (χ0n) is 9.33. The van der Waals surface area contributed by atoms with Crippen LogP contribution in [-0.2, 0) is 22.6 Å². The summed E-state index contributed by atoms with van der Waals surface area (Å²) in [5.41, 5.74) is 2.46. The molecular weight excluding hydrogens is 270 g/mol. The largest absolute Gasteiger partial charge is 0.376 e.